The summed E-state index contributed by atoms with van der Waals surface area (Å²) in [5.74, 6) is -0.231. The maximum Gasteiger partial charge on any atom is 0.242 e. The zero-order valence-electron chi connectivity index (χ0n) is 10.7. The average molecular weight is 286 g/mol. The second-order valence-corrected chi connectivity index (χ2v) is 6.77. The van der Waals surface area contributed by atoms with Crippen LogP contribution < -0.4 is 10.5 Å². The van der Waals surface area contributed by atoms with E-state index in [4.69, 9.17) is 5.73 Å². The number of hydrogen-bond acceptors (Lipinski definition) is 3. The first-order chi connectivity index (χ1) is 8.99. The molecule has 6 heteroatoms. The summed E-state index contributed by atoms with van der Waals surface area (Å²) >= 11 is 0. The van der Waals surface area contributed by atoms with Crippen LogP contribution >= 0.6 is 0 Å². The summed E-state index contributed by atoms with van der Waals surface area (Å²) in [5, 5.41) is 0. The van der Waals surface area contributed by atoms with Crippen molar-refractivity contribution in [2.45, 2.75) is 37.0 Å². The third kappa shape index (κ3) is 3.67. The third-order valence-corrected chi connectivity index (χ3v) is 5.03. The Balaban J connectivity index is 2.07. The smallest absolute Gasteiger partial charge is 0.242 e. The Morgan fingerprint density at radius 1 is 1.26 bits per heavy atom. The highest BCUT2D eigenvalue weighted by Crippen LogP contribution is 2.24. The van der Waals surface area contributed by atoms with Gasteiger partial charge in [0, 0.05) is 6.54 Å². The standard InChI is InChI=1S/C13H19FN2O2S/c14-11-6-7-12(15)13(8-11)19(17,18)16-9-10-4-2-1-3-5-10/h6-8,10,16H,1-5,9,15H2. The van der Waals surface area contributed by atoms with E-state index in [1.54, 1.807) is 0 Å². The molecule has 1 aromatic carbocycles. The van der Waals surface area contributed by atoms with Gasteiger partial charge in [-0.05, 0) is 37.0 Å². The van der Waals surface area contributed by atoms with Crippen molar-refractivity contribution in [3.63, 3.8) is 0 Å². The molecule has 1 aliphatic rings. The zero-order valence-corrected chi connectivity index (χ0v) is 11.5. The minimum atomic E-state index is -3.73. The molecule has 3 N–H and O–H groups in total. The number of sulfonamides is 1. The quantitative estimate of drug-likeness (QED) is 0.834. The molecule has 106 valence electrons. The molecule has 0 unspecified atom stereocenters. The highest BCUT2D eigenvalue weighted by molar-refractivity contribution is 7.89. The van der Waals surface area contributed by atoms with Gasteiger partial charge in [0.1, 0.15) is 10.7 Å². The fraction of sp³-hybridized carbons (Fsp3) is 0.538. The average Bonchev–Trinajstić information content (AvgIpc) is 2.40. The van der Waals surface area contributed by atoms with Crippen LogP contribution in [-0.4, -0.2) is 15.0 Å². The van der Waals surface area contributed by atoms with Gasteiger partial charge in [-0.15, -0.1) is 0 Å². The lowest BCUT2D eigenvalue weighted by atomic mass is 9.90. The second kappa shape index (κ2) is 5.88. The lowest BCUT2D eigenvalue weighted by Crippen LogP contribution is -2.30. The monoisotopic (exact) mass is 286 g/mol. The normalized spacial score (nSPS) is 17.5. The van der Waals surface area contributed by atoms with Crippen LogP contribution in [0.4, 0.5) is 10.1 Å². The van der Waals surface area contributed by atoms with E-state index in [-0.39, 0.29) is 10.6 Å². The van der Waals surface area contributed by atoms with Crippen LogP contribution in [0.2, 0.25) is 0 Å². The molecule has 0 atom stereocenters. The van der Waals surface area contributed by atoms with Gasteiger partial charge in [0.25, 0.3) is 0 Å². The van der Waals surface area contributed by atoms with Crippen molar-refractivity contribution in [3.8, 4) is 0 Å². The first kappa shape index (κ1) is 14.3. The molecule has 0 aliphatic heterocycles. The molecule has 0 bridgehead atoms. The summed E-state index contributed by atoms with van der Waals surface area (Å²) in [7, 11) is -3.73. The van der Waals surface area contributed by atoms with Gasteiger partial charge in [0.2, 0.25) is 10.0 Å². The van der Waals surface area contributed by atoms with Crippen LogP contribution in [0.1, 0.15) is 32.1 Å². The Morgan fingerprint density at radius 2 is 1.95 bits per heavy atom. The molecule has 0 spiro atoms. The molecule has 0 radical (unpaired) electrons. The molecule has 1 aromatic rings. The van der Waals surface area contributed by atoms with Gasteiger partial charge >= 0.3 is 0 Å². The van der Waals surface area contributed by atoms with Gasteiger partial charge in [-0.1, -0.05) is 19.3 Å². The van der Waals surface area contributed by atoms with Crippen LogP contribution in [0.15, 0.2) is 23.1 Å². The largest absolute Gasteiger partial charge is 0.398 e. The Bertz CT molecular complexity index is 540. The highest BCUT2D eigenvalue weighted by Gasteiger charge is 2.21. The third-order valence-electron chi connectivity index (χ3n) is 3.55. The van der Waals surface area contributed by atoms with Crippen LogP contribution in [0.3, 0.4) is 0 Å². The maximum absolute atomic E-state index is 13.1. The lowest BCUT2D eigenvalue weighted by Gasteiger charge is -2.21. The van der Waals surface area contributed by atoms with Crippen molar-refractivity contribution in [1.29, 1.82) is 0 Å². The number of anilines is 1. The van der Waals surface area contributed by atoms with E-state index in [1.165, 1.54) is 12.5 Å². The van der Waals surface area contributed by atoms with Gasteiger partial charge in [-0.3, -0.25) is 0 Å². The van der Waals surface area contributed by atoms with Gasteiger partial charge in [-0.2, -0.15) is 0 Å². The fourth-order valence-electron chi connectivity index (χ4n) is 2.44. The molecule has 19 heavy (non-hydrogen) atoms. The fourth-order valence-corrected chi connectivity index (χ4v) is 3.69. The summed E-state index contributed by atoms with van der Waals surface area (Å²) in [6.45, 7) is 0.401. The molecule has 0 amide bonds. The molecule has 0 heterocycles. The maximum atomic E-state index is 13.1. The lowest BCUT2D eigenvalue weighted by molar-refractivity contribution is 0.357. The number of halogens is 1. The Labute approximate surface area is 113 Å². The number of benzene rings is 1. The van der Waals surface area contributed by atoms with Gasteiger partial charge in [0.15, 0.2) is 0 Å². The Morgan fingerprint density at radius 3 is 2.63 bits per heavy atom. The molecule has 4 nitrogen and oxygen atoms in total. The van der Waals surface area contributed by atoms with Crippen LogP contribution in [0, 0.1) is 11.7 Å². The topological polar surface area (TPSA) is 72.2 Å². The van der Waals surface area contributed by atoms with Gasteiger partial charge in [0.05, 0.1) is 5.69 Å². The minimum absolute atomic E-state index is 0.0672. The molecule has 2 rings (SSSR count). The van der Waals surface area contributed by atoms with Crippen LogP contribution in [0.5, 0.6) is 0 Å². The first-order valence-corrected chi connectivity index (χ1v) is 8.02. The zero-order chi connectivity index (χ0) is 13.9. The van der Waals surface area contributed by atoms with Crippen LogP contribution in [0.25, 0.3) is 0 Å². The van der Waals surface area contributed by atoms with Gasteiger partial charge in [-0.25, -0.2) is 17.5 Å². The van der Waals surface area contributed by atoms with E-state index in [2.05, 4.69) is 4.72 Å². The van der Waals surface area contributed by atoms with Crippen molar-refractivity contribution in [2.75, 3.05) is 12.3 Å². The van der Waals surface area contributed by atoms with E-state index < -0.39 is 15.8 Å². The number of nitrogen functional groups attached to an aromatic ring is 1. The second-order valence-electron chi connectivity index (χ2n) is 5.04. The van der Waals surface area contributed by atoms with Crippen molar-refractivity contribution in [3.05, 3.63) is 24.0 Å². The summed E-state index contributed by atoms with van der Waals surface area (Å²) in [4.78, 5) is -0.177. The number of nitrogens with two attached hydrogens (primary N) is 1. The van der Waals surface area contributed by atoms with Crippen molar-refractivity contribution < 1.29 is 12.8 Å². The van der Waals surface area contributed by atoms with Gasteiger partial charge < -0.3 is 5.73 Å². The summed E-state index contributed by atoms with van der Waals surface area (Å²) in [6, 6.07) is 3.37. The first-order valence-electron chi connectivity index (χ1n) is 6.54. The molecule has 0 aromatic heterocycles. The molecule has 1 saturated carbocycles. The highest BCUT2D eigenvalue weighted by atomic mass is 32.2. The minimum Gasteiger partial charge on any atom is -0.398 e. The van der Waals surface area contributed by atoms with E-state index in [9.17, 15) is 12.8 Å². The Hall–Kier alpha value is -1.14. The SMILES string of the molecule is Nc1ccc(F)cc1S(=O)(=O)NCC1CCCCC1. The summed E-state index contributed by atoms with van der Waals surface area (Å²) in [6.07, 6.45) is 5.60. The van der Waals surface area contributed by atoms with Crippen molar-refractivity contribution >= 4 is 15.7 Å². The van der Waals surface area contributed by atoms with Crippen molar-refractivity contribution in [2.24, 2.45) is 5.92 Å². The van der Waals surface area contributed by atoms with Crippen molar-refractivity contribution in [1.82, 2.24) is 4.72 Å². The van der Waals surface area contributed by atoms with E-state index >= 15 is 0 Å². The van der Waals surface area contributed by atoms with E-state index in [0.29, 0.717) is 12.5 Å². The van der Waals surface area contributed by atoms with E-state index in [1.807, 2.05) is 0 Å². The number of hydrogen-bond donors (Lipinski definition) is 2. The molecular weight excluding hydrogens is 267 g/mol. The number of nitrogens with one attached hydrogen (secondary N) is 1. The summed E-state index contributed by atoms with van der Waals surface area (Å²) in [5.41, 5.74) is 5.67. The molecule has 1 fully saturated rings. The predicted octanol–water partition coefficient (Wildman–Crippen LogP) is 2.27. The number of rotatable bonds is 4. The molecule has 0 saturated heterocycles. The van der Waals surface area contributed by atoms with E-state index in [0.717, 1.165) is 37.8 Å². The molecule has 1 aliphatic carbocycles. The molecular formula is C13H19FN2O2S. The Kier molecular flexibility index (Phi) is 4.42. The predicted molar refractivity (Wildman–Crippen MR) is 72.6 cm³/mol. The summed E-state index contributed by atoms with van der Waals surface area (Å²) < 4.78 is 39.8. The van der Waals surface area contributed by atoms with Crippen LogP contribution in [-0.2, 0) is 10.0 Å².